The summed E-state index contributed by atoms with van der Waals surface area (Å²) in [6.07, 6.45) is 7.18. The lowest BCUT2D eigenvalue weighted by Gasteiger charge is -2.47. The van der Waals surface area contributed by atoms with Gasteiger partial charge in [0, 0.05) is 72.9 Å². The van der Waals surface area contributed by atoms with Gasteiger partial charge in [0.1, 0.15) is 17.1 Å². The second-order valence-corrected chi connectivity index (χ2v) is 17.1. The molecule has 0 radical (unpaired) electrons. The number of aliphatic hydroxyl groups excluding tert-OH is 1. The molecule has 302 valence electrons. The lowest BCUT2D eigenvalue weighted by molar-refractivity contribution is -0.122. The Morgan fingerprint density at radius 1 is 1.14 bits per heavy atom. The van der Waals surface area contributed by atoms with Crippen molar-refractivity contribution in [2.24, 2.45) is 5.92 Å². The van der Waals surface area contributed by atoms with Gasteiger partial charge in [-0.25, -0.2) is 9.37 Å². The average molecular weight is 801 g/mol. The van der Waals surface area contributed by atoms with Crippen LogP contribution in [0.15, 0.2) is 47.4 Å². The minimum absolute atomic E-state index is 0.0466. The summed E-state index contributed by atoms with van der Waals surface area (Å²) < 4.78 is 29.4. The van der Waals surface area contributed by atoms with Crippen LogP contribution in [-0.4, -0.2) is 88.5 Å². The minimum Gasteiger partial charge on any atom is -0.478 e. The van der Waals surface area contributed by atoms with Crippen molar-refractivity contribution in [3.8, 4) is 5.75 Å². The van der Waals surface area contributed by atoms with Gasteiger partial charge in [-0.2, -0.15) is 4.98 Å². The Balaban J connectivity index is 0.774. The number of carbonyl (C=O) groups excluding carboxylic acids is 1. The molecule has 13 nitrogen and oxygen atoms in total. The standard InChI is InChI=1S/C42H50ClFN8O5/c1-23(2)52-34-7-4-26(14-24(34)15-35(40(52)55)56-22-36(53)45-3)48-38-33(43)20-47-41(49-38)50-11-8-28(9-12-50)57-29-16-27(17-29)51-13-10-42(18-25(42)21-51)32-6-5-30-31(37(32)44)19-46-39(30)54/h4-7,14-15,20,23,25,27-29,39,46,54H,8-13,16-19,21-22H2,1-3H3,(H,45,53)(H,47,48,49). The van der Waals surface area contributed by atoms with Crippen molar-refractivity contribution in [3.63, 3.8) is 0 Å². The van der Waals surface area contributed by atoms with E-state index in [9.17, 15) is 14.7 Å². The van der Waals surface area contributed by atoms with E-state index >= 15 is 4.39 Å². The van der Waals surface area contributed by atoms with Crippen molar-refractivity contribution >= 4 is 45.9 Å². The highest BCUT2D eigenvalue weighted by molar-refractivity contribution is 6.32. The number of likely N-dealkylation sites (N-methyl/N-ethyl adjacent to an activating group) is 1. The lowest BCUT2D eigenvalue weighted by atomic mass is 9.82. The van der Waals surface area contributed by atoms with E-state index in [0.29, 0.717) is 46.4 Å². The van der Waals surface area contributed by atoms with E-state index in [4.69, 9.17) is 26.1 Å². The highest BCUT2D eigenvalue weighted by atomic mass is 35.5. The Labute approximate surface area is 335 Å². The van der Waals surface area contributed by atoms with E-state index in [1.54, 1.807) is 16.8 Å². The summed E-state index contributed by atoms with van der Waals surface area (Å²) in [4.78, 5) is 39.2. The van der Waals surface area contributed by atoms with Crippen LogP contribution < -0.4 is 31.1 Å². The first-order chi connectivity index (χ1) is 27.5. The van der Waals surface area contributed by atoms with Crippen LogP contribution in [0.25, 0.3) is 10.9 Å². The number of ether oxygens (including phenoxy) is 2. The monoisotopic (exact) mass is 800 g/mol. The number of carbonyl (C=O) groups is 1. The van der Waals surface area contributed by atoms with Gasteiger partial charge in [-0.1, -0.05) is 23.7 Å². The number of hydrogen-bond acceptors (Lipinski definition) is 11. The predicted molar refractivity (Wildman–Crippen MR) is 216 cm³/mol. The van der Waals surface area contributed by atoms with E-state index in [2.05, 4.69) is 30.7 Å². The van der Waals surface area contributed by atoms with Crippen LogP contribution in [0.5, 0.6) is 5.75 Å². The zero-order valence-corrected chi connectivity index (χ0v) is 33.3. The molecule has 2 saturated heterocycles. The van der Waals surface area contributed by atoms with E-state index in [-0.39, 0.29) is 53.3 Å². The van der Waals surface area contributed by atoms with Crippen molar-refractivity contribution in [1.82, 2.24) is 30.1 Å². The number of aliphatic hydroxyl groups is 1. The summed E-state index contributed by atoms with van der Waals surface area (Å²) in [6, 6.07) is 11.6. The highest BCUT2D eigenvalue weighted by Crippen LogP contribution is 2.61. The maximum atomic E-state index is 15.6. The molecule has 2 aromatic heterocycles. The first-order valence-corrected chi connectivity index (χ1v) is 20.6. The third kappa shape index (κ3) is 7.13. The summed E-state index contributed by atoms with van der Waals surface area (Å²) in [5.74, 6) is 1.22. The lowest BCUT2D eigenvalue weighted by Crippen LogP contribution is -2.52. The number of anilines is 3. The first kappa shape index (κ1) is 38.2. The van der Waals surface area contributed by atoms with Crippen molar-refractivity contribution in [3.05, 3.63) is 80.5 Å². The summed E-state index contributed by atoms with van der Waals surface area (Å²) in [5.41, 5.74) is 3.29. The number of fused-ring (bicyclic) bond motifs is 3. The number of nitrogens with zero attached hydrogens (tertiary/aromatic N) is 5. The van der Waals surface area contributed by atoms with Crippen LogP contribution in [0.2, 0.25) is 5.02 Å². The molecule has 57 heavy (non-hydrogen) atoms. The predicted octanol–water partition coefficient (Wildman–Crippen LogP) is 5.31. The van der Waals surface area contributed by atoms with E-state index < -0.39 is 6.23 Å². The summed E-state index contributed by atoms with van der Waals surface area (Å²) in [6.45, 7) is 7.53. The normalized spacial score (nSPS) is 25.9. The van der Waals surface area contributed by atoms with Gasteiger partial charge in [-0.05, 0) is 94.7 Å². The fraction of sp³-hybridized carbons (Fsp3) is 0.524. The molecular weight excluding hydrogens is 751 g/mol. The number of benzene rings is 2. The molecule has 9 rings (SSSR count). The molecule has 3 unspecified atom stereocenters. The molecule has 2 saturated carbocycles. The molecule has 5 aliphatic rings. The fourth-order valence-corrected chi connectivity index (χ4v) is 9.72. The molecule has 4 aromatic rings. The zero-order chi connectivity index (χ0) is 39.6. The van der Waals surface area contributed by atoms with Gasteiger partial charge < -0.3 is 34.7 Å². The fourth-order valence-electron chi connectivity index (χ4n) is 9.58. The Kier molecular flexibility index (Phi) is 10.1. The smallest absolute Gasteiger partial charge is 0.293 e. The van der Waals surface area contributed by atoms with Gasteiger partial charge in [0.15, 0.2) is 18.2 Å². The van der Waals surface area contributed by atoms with Crippen molar-refractivity contribution < 1.29 is 23.8 Å². The zero-order valence-electron chi connectivity index (χ0n) is 32.6. The summed E-state index contributed by atoms with van der Waals surface area (Å²) in [5, 5.41) is 20.0. The molecule has 3 aliphatic heterocycles. The van der Waals surface area contributed by atoms with Gasteiger partial charge in [-0.3, -0.25) is 19.8 Å². The van der Waals surface area contributed by atoms with Crippen LogP contribution in [0.4, 0.5) is 21.8 Å². The molecule has 0 spiro atoms. The average Bonchev–Trinajstić information content (AvgIpc) is 3.81. The molecule has 5 heterocycles. The number of rotatable bonds is 11. The third-order valence-corrected chi connectivity index (χ3v) is 13.2. The number of aromatic nitrogens is 3. The number of nitrogens with one attached hydrogen (secondary N) is 3. The van der Waals surface area contributed by atoms with Gasteiger partial charge in [0.05, 0.1) is 23.9 Å². The van der Waals surface area contributed by atoms with Gasteiger partial charge in [0.2, 0.25) is 5.95 Å². The molecule has 2 aliphatic carbocycles. The van der Waals surface area contributed by atoms with Crippen molar-refractivity contribution in [1.29, 1.82) is 0 Å². The van der Waals surface area contributed by atoms with Crippen LogP contribution >= 0.6 is 11.6 Å². The molecular formula is C42H50ClFN8O5. The Hall–Kier alpha value is -4.34. The number of amides is 1. The van der Waals surface area contributed by atoms with Crippen LogP contribution in [-0.2, 0) is 21.5 Å². The Bertz CT molecular complexity index is 2260. The van der Waals surface area contributed by atoms with Gasteiger partial charge in [0.25, 0.3) is 11.5 Å². The van der Waals surface area contributed by atoms with Crippen LogP contribution in [0.3, 0.4) is 0 Å². The topological polar surface area (TPSA) is 146 Å². The number of halogens is 2. The van der Waals surface area contributed by atoms with E-state index in [1.807, 2.05) is 44.2 Å². The molecule has 0 bridgehead atoms. The first-order valence-electron chi connectivity index (χ1n) is 20.2. The number of hydrogen-bond donors (Lipinski definition) is 4. The molecule has 2 aromatic carbocycles. The number of piperidine rings is 2. The molecule has 15 heteroatoms. The van der Waals surface area contributed by atoms with Crippen molar-refractivity contribution in [2.45, 2.75) is 94.9 Å². The summed E-state index contributed by atoms with van der Waals surface area (Å²) >= 11 is 6.59. The highest BCUT2D eigenvalue weighted by Gasteiger charge is 2.59. The molecule has 3 atom stereocenters. The third-order valence-electron chi connectivity index (χ3n) is 13.0. The van der Waals surface area contributed by atoms with Crippen LogP contribution in [0.1, 0.15) is 81.3 Å². The molecule has 1 amide bonds. The van der Waals surface area contributed by atoms with E-state index in [0.717, 1.165) is 86.9 Å². The second kappa shape index (κ2) is 15.1. The Morgan fingerprint density at radius 2 is 1.95 bits per heavy atom. The van der Waals surface area contributed by atoms with Gasteiger partial charge in [-0.15, -0.1) is 0 Å². The molecule has 4 fully saturated rings. The second-order valence-electron chi connectivity index (χ2n) is 16.7. The quantitative estimate of drug-likeness (QED) is 0.157. The number of likely N-dealkylation sites (tertiary alicyclic amines) is 1. The summed E-state index contributed by atoms with van der Waals surface area (Å²) in [7, 11) is 1.52. The Morgan fingerprint density at radius 3 is 2.70 bits per heavy atom. The van der Waals surface area contributed by atoms with E-state index in [1.165, 1.54) is 7.05 Å². The minimum atomic E-state index is -0.770. The maximum Gasteiger partial charge on any atom is 0.293 e. The van der Waals surface area contributed by atoms with Gasteiger partial charge >= 0.3 is 0 Å². The SMILES string of the molecule is CNC(=O)COc1cc2cc(Nc3nc(N4CCC(OC5CC(N6CCC7(c8ccc9c(c8F)CNC9O)CC7C6)C5)CC4)ncc3Cl)ccc2n(C(C)C)c1=O. The molecule has 4 N–H and O–H groups in total. The van der Waals surface area contributed by atoms with Crippen LogP contribution in [0, 0.1) is 11.7 Å². The van der Waals surface area contributed by atoms with Crippen molar-refractivity contribution in [2.75, 3.05) is 50.1 Å². The largest absolute Gasteiger partial charge is 0.478 e. The maximum absolute atomic E-state index is 15.6. The number of pyridine rings is 1.